The van der Waals surface area contributed by atoms with Crippen LogP contribution in [-0.4, -0.2) is 10.2 Å². The van der Waals surface area contributed by atoms with Crippen LogP contribution in [0.2, 0.25) is 0 Å². The summed E-state index contributed by atoms with van der Waals surface area (Å²) in [6, 6.07) is 14.3. The van der Waals surface area contributed by atoms with Gasteiger partial charge in [-0.2, -0.15) is 5.10 Å². The average Bonchev–Trinajstić information content (AvgIpc) is 2.56. The second-order valence-electron chi connectivity index (χ2n) is 5.70. The molecule has 23 heavy (non-hydrogen) atoms. The summed E-state index contributed by atoms with van der Waals surface area (Å²) in [7, 11) is 0. The van der Waals surface area contributed by atoms with Crippen molar-refractivity contribution in [3.63, 3.8) is 0 Å². The number of nitrogens with zero attached hydrogens (tertiary/aromatic N) is 2. The van der Waals surface area contributed by atoms with Crippen molar-refractivity contribution < 1.29 is 8.78 Å². The van der Waals surface area contributed by atoms with Crippen molar-refractivity contribution in [3.05, 3.63) is 71.9 Å². The summed E-state index contributed by atoms with van der Waals surface area (Å²) in [6.07, 6.45) is 0. The molecule has 4 heteroatoms. The molecule has 2 nitrogen and oxygen atoms in total. The molecule has 0 bridgehead atoms. The third-order valence-electron chi connectivity index (χ3n) is 3.68. The molecule has 0 N–H and O–H groups in total. The predicted molar refractivity (Wildman–Crippen MR) is 86.9 cm³/mol. The maximum Gasteiger partial charge on any atom is 0.123 e. The van der Waals surface area contributed by atoms with Crippen LogP contribution in [0.1, 0.15) is 25.5 Å². The van der Waals surface area contributed by atoms with E-state index in [0.717, 1.165) is 22.4 Å². The van der Waals surface area contributed by atoms with Crippen LogP contribution in [0.25, 0.3) is 22.4 Å². The molecular weight excluding hydrogens is 294 g/mol. The molecule has 3 rings (SSSR count). The normalized spacial score (nSPS) is 11.0. The SMILES string of the molecule is CC(C)c1cc(-c2ccc(F)cc2)c(-c2ccc(F)cc2)nn1. The van der Waals surface area contributed by atoms with Gasteiger partial charge in [0.1, 0.15) is 17.3 Å². The monoisotopic (exact) mass is 310 g/mol. The van der Waals surface area contributed by atoms with Crippen LogP contribution in [0.4, 0.5) is 8.78 Å². The molecule has 0 spiro atoms. The van der Waals surface area contributed by atoms with Crippen LogP contribution in [0.3, 0.4) is 0 Å². The number of hydrogen-bond donors (Lipinski definition) is 0. The van der Waals surface area contributed by atoms with Gasteiger partial charge >= 0.3 is 0 Å². The fourth-order valence-corrected chi connectivity index (χ4v) is 2.36. The molecule has 0 aliphatic carbocycles. The topological polar surface area (TPSA) is 25.8 Å². The molecule has 3 aromatic rings. The molecule has 116 valence electrons. The van der Waals surface area contributed by atoms with Gasteiger partial charge in [0.2, 0.25) is 0 Å². The number of rotatable bonds is 3. The lowest BCUT2D eigenvalue weighted by molar-refractivity contribution is 0.627. The van der Waals surface area contributed by atoms with Crippen LogP contribution in [-0.2, 0) is 0 Å². The van der Waals surface area contributed by atoms with Crippen molar-refractivity contribution in [1.82, 2.24) is 10.2 Å². The van der Waals surface area contributed by atoms with Crippen LogP contribution in [0.15, 0.2) is 54.6 Å². The quantitative estimate of drug-likeness (QED) is 0.663. The Morgan fingerprint density at radius 2 is 1.26 bits per heavy atom. The summed E-state index contributed by atoms with van der Waals surface area (Å²) in [5.74, 6) is -0.365. The van der Waals surface area contributed by atoms with E-state index in [1.165, 1.54) is 24.3 Å². The van der Waals surface area contributed by atoms with E-state index in [0.29, 0.717) is 5.69 Å². The summed E-state index contributed by atoms with van der Waals surface area (Å²) in [4.78, 5) is 0. The molecule has 0 unspecified atom stereocenters. The first kappa shape index (κ1) is 15.3. The highest BCUT2D eigenvalue weighted by Crippen LogP contribution is 2.32. The van der Waals surface area contributed by atoms with E-state index < -0.39 is 0 Å². The van der Waals surface area contributed by atoms with Crippen LogP contribution >= 0.6 is 0 Å². The molecule has 1 aromatic heterocycles. The second-order valence-corrected chi connectivity index (χ2v) is 5.70. The Kier molecular flexibility index (Phi) is 4.15. The lowest BCUT2D eigenvalue weighted by Crippen LogP contribution is -2.00. The Bertz CT molecular complexity index is 810. The van der Waals surface area contributed by atoms with Crippen molar-refractivity contribution in [2.45, 2.75) is 19.8 Å². The minimum absolute atomic E-state index is 0.226. The fourth-order valence-electron chi connectivity index (χ4n) is 2.36. The minimum atomic E-state index is -0.302. The molecule has 0 aliphatic heterocycles. The fraction of sp³-hybridized carbons (Fsp3) is 0.158. The number of halogens is 2. The van der Waals surface area contributed by atoms with Crippen molar-refractivity contribution in [2.24, 2.45) is 0 Å². The lowest BCUT2D eigenvalue weighted by Gasteiger charge is -2.12. The first-order chi connectivity index (χ1) is 11.0. The van der Waals surface area contributed by atoms with Gasteiger partial charge in [-0.3, -0.25) is 0 Å². The summed E-state index contributed by atoms with van der Waals surface area (Å²) < 4.78 is 26.4. The first-order valence-electron chi connectivity index (χ1n) is 7.44. The van der Waals surface area contributed by atoms with Crippen LogP contribution < -0.4 is 0 Å². The standard InChI is InChI=1S/C19H16F2N2/c1-12(2)18-11-17(13-3-7-15(20)8-4-13)19(23-22-18)14-5-9-16(21)10-6-14/h3-12H,1-2H3. The largest absolute Gasteiger partial charge is 0.207 e. The third kappa shape index (κ3) is 3.26. The summed E-state index contributed by atoms with van der Waals surface area (Å²) in [6.45, 7) is 4.08. The molecule has 2 aromatic carbocycles. The summed E-state index contributed by atoms with van der Waals surface area (Å²) >= 11 is 0. The zero-order chi connectivity index (χ0) is 16.4. The van der Waals surface area contributed by atoms with E-state index >= 15 is 0 Å². The Morgan fingerprint density at radius 3 is 1.78 bits per heavy atom. The molecule has 1 heterocycles. The molecule has 0 saturated heterocycles. The molecule has 0 fully saturated rings. The van der Waals surface area contributed by atoms with Crippen molar-refractivity contribution in [1.29, 1.82) is 0 Å². The highest BCUT2D eigenvalue weighted by Gasteiger charge is 2.13. The maximum absolute atomic E-state index is 13.2. The number of benzene rings is 2. The van der Waals surface area contributed by atoms with Crippen molar-refractivity contribution in [2.75, 3.05) is 0 Å². The van der Waals surface area contributed by atoms with E-state index in [4.69, 9.17) is 0 Å². The summed E-state index contributed by atoms with van der Waals surface area (Å²) in [5, 5.41) is 8.60. The van der Waals surface area contributed by atoms with Crippen LogP contribution in [0.5, 0.6) is 0 Å². The van der Waals surface area contributed by atoms with Gasteiger partial charge in [-0.1, -0.05) is 26.0 Å². The molecule has 0 aliphatic rings. The second kappa shape index (κ2) is 6.24. The van der Waals surface area contributed by atoms with E-state index in [9.17, 15) is 8.78 Å². The van der Waals surface area contributed by atoms with Gasteiger partial charge in [0.25, 0.3) is 0 Å². The Hall–Kier alpha value is -2.62. The Morgan fingerprint density at radius 1 is 0.739 bits per heavy atom. The highest BCUT2D eigenvalue weighted by molar-refractivity contribution is 5.80. The Labute approximate surface area is 133 Å². The van der Waals surface area contributed by atoms with Crippen LogP contribution in [0, 0.1) is 11.6 Å². The highest BCUT2D eigenvalue weighted by atomic mass is 19.1. The van der Waals surface area contributed by atoms with Gasteiger partial charge in [-0.25, -0.2) is 8.78 Å². The molecule has 0 amide bonds. The van der Waals surface area contributed by atoms with E-state index in [1.54, 1.807) is 24.3 Å². The molecular formula is C19H16F2N2. The molecule has 0 saturated carbocycles. The number of hydrogen-bond acceptors (Lipinski definition) is 2. The third-order valence-corrected chi connectivity index (χ3v) is 3.68. The molecule has 0 radical (unpaired) electrons. The van der Waals surface area contributed by atoms with Crippen molar-refractivity contribution >= 4 is 0 Å². The zero-order valence-corrected chi connectivity index (χ0v) is 12.9. The first-order valence-corrected chi connectivity index (χ1v) is 7.44. The lowest BCUT2D eigenvalue weighted by atomic mass is 9.97. The van der Waals surface area contributed by atoms with Gasteiger partial charge in [-0.15, -0.1) is 5.10 Å². The molecule has 0 atom stereocenters. The number of aromatic nitrogens is 2. The van der Waals surface area contributed by atoms with Crippen molar-refractivity contribution in [3.8, 4) is 22.4 Å². The Balaban J connectivity index is 2.18. The minimum Gasteiger partial charge on any atom is -0.207 e. The van der Waals surface area contributed by atoms with Gasteiger partial charge < -0.3 is 0 Å². The zero-order valence-electron chi connectivity index (χ0n) is 12.9. The van der Waals surface area contributed by atoms with Gasteiger partial charge in [0, 0.05) is 11.1 Å². The van der Waals surface area contributed by atoms with E-state index in [1.807, 2.05) is 19.9 Å². The summed E-state index contributed by atoms with van der Waals surface area (Å²) in [5.41, 5.74) is 3.99. The van der Waals surface area contributed by atoms with Gasteiger partial charge in [-0.05, 0) is 53.9 Å². The van der Waals surface area contributed by atoms with Gasteiger partial charge in [0.15, 0.2) is 0 Å². The van der Waals surface area contributed by atoms with E-state index in [-0.39, 0.29) is 17.6 Å². The van der Waals surface area contributed by atoms with Gasteiger partial charge in [0.05, 0.1) is 5.69 Å². The maximum atomic E-state index is 13.2. The average molecular weight is 310 g/mol. The van der Waals surface area contributed by atoms with E-state index in [2.05, 4.69) is 10.2 Å². The smallest absolute Gasteiger partial charge is 0.123 e. The predicted octanol–water partition coefficient (Wildman–Crippen LogP) is 5.21.